The van der Waals surface area contributed by atoms with Gasteiger partial charge >= 0.3 is 0 Å². The number of nitrogens with two attached hydrogens (primary N) is 1. The van der Waals surface area contributed by atoms with Crippen molar-refractivity contribution in [3.05, 3.63) is 47.3 Å². The molecule has 0 unspecified atom stereocenters. The largest absolute Gasteiger partial charge is 0.491 e. The molecule has 108 valence electrons. The van der Waals surface area contributed by atoms with Gasteiger partial charge in [0.1, 0.15) is 23.9 Å². The number of anilines is 1. The van der Waals surface area contributed by atoms with Gasteiger partial charge in [-0.2, -0.15) is 0 Å². The van der Waals surface area contributed by atoms with E-state index in [4.69, 9.17) is 15.9 Å². The Balaban J connectivity index is 1.95. The zero-order valence-corrected chi connectivity index (χ0v) is 11.8. The number of para-hydroxylation sites is 1. The summed E-state index contributed by atoms with van der Waals surface area (Å²) in [4.78, 5) is 10.9. The van der Waals surface area contributed by atoms with Gasteiger partial charge < -0.3 is 15.4 Å². The lowest BCUT2D eigenvalue weighted by Crippen LogP contribution is -2.28. The third kappa shape index (κ3) is 2.79. The quantitative estimate of drug-likeness (QED) is 0.643. The third-order valence-corrected chi connectivity index (χ3v) is 3.35. The molecule has 0 radical (unpaired) electrons. The van der Waals surface area contributed by atoms with Crippen LogP contribution in [0, 0.1) is 12.3 Å². The smallest absolute Gasteiger partial charge is 0.226 e. The van der Waals surface area contributed by atoms with Crippen molar-refractivity contribution in [1.29, 1.82) is 5.41 Å². The molecule has 0 saturated carbocycles. The standard InChI is InChI=1S/C15H17N5O/c1-10-8-12(14(16)17)19-15(18-10)20-6-7-21-13-5-3-2-4-11(13)9-20/h2-5,8H,6-7,9H2,1H3,(H3,16,17). The number of amidine groups is 1. The molecule has 3 N–H and O–H groups in total. The summed E-state index contributed by atoms with van der Waals surface area (Å²) in [6, 6.07) is 9.68. The minimum atomic E-state index is -0.0479. The zero-order chi connectivity index (χ0) is 14.8. The number of aromatic nitrogens is 2. The summed E-state index contributed by atoms with van der Waals surface area (Å²) < 4.78 is 5.74. The van der Waals surface area contributed by atoms with Crippen LogP contribution < -0.4 is 15.4 Å². The van der Waals surface area contributed by atoms with Crippen LogP contribution in [0.3, 0.4) is 0 Å². The summed E-state index contributed by atoms with van der Waals surface area (Å²) in [5, 5.41) is 7.55. The molecule has 1 aromatic heterocycles. The molecule has 3 rings (SSSR count). The molecule has 21 heavy (non-hydrogen) atoms. The number of ether oxygens (including phenoxy) is 1. The molecule has 0 spiro atoms. The van der Waals surface area contributed by atoms with Gasteiger partial charge in [-0.3, -0.25) is 5.41 Å². The summed E-state index contributed by atoms with van der Waals surface area (Å²) in [6.07, 6.45) is 0. The van der Waals surface area contributed by atoms with Gasteiger partial charge in [0, 0.05) is 17.8 Å². The number of hydrogen-bond donors (Lipinski definition) is 2. The molecule has 1 aliphatic heterocycles. The molecular weight excluding hydrogens is 266 g/mol. The SMILES string of the molecule is Cc1cc(C(=N)N)nc(N2CCOc3ccccc3C2)n1. The van der Waals surface area contributed by atoms with E-state index in [0.717, 1.165) is 17.0 Å². The maximum atomic E-state index is 7.55. The lowest BCUT2D eigenvalue weighted by Gasteiger charge is -2.20. The number of hydrogen-bond acceptors (Lipinski definition) is 5. The molecule has 0 fully saturated rings. The molecule has 2 aromatic rings. The average Bonchev–Trinajstić information content (AvgIpc) is 2.68. The van der Waals surface area contributed by atoms with Gasteiger partial charge in [-0.25, -0.2) is 9.97 Å². The van der Waals surface area contributed by atoms with E-state index >= 15 is 0 Å². The van der Waals surface area contributed by atoms with Crippen molar-refractivity contribution in [2.45, 2.75) is 13.5 Å². The van der Waals surface area contributed by atoms with Gasteiger partial charge in [0.25, 0.3) is 0 Å². The first kappa shape index (κ1) is 13.4. The average molecular weight is 283 g/mol. The lowest BCUT2D eigenvalue weighted by molar-refractivity contribution is 0.331. The molecule has 0 aliphatic carbocycles. The van der Waals surface area contributed by atoms with Crippen LogP contribution in [-0.4, -0.2) is 29.0 Å². The molecule has 1 aromatic carbocycles. The van der Waals surface area contributed by atoms with Crippen LogP contribution in [0.25, 0.3) is 0 Å². The van der Waals surface area contributed by atoms with Crippen LogP contribution in [0.1, 0.15) is 17.0 Å². The number of nitrogen functional groups attached to an aromatic ring is 1. The van der Waals surface area contributed by atoms with Gasteiger partial charge in [-0.1, -0.05) is 18.2 Å². The second-order valence-electron chi connectivity index (χ2n) is 4.99. The number of benzene rings is 1. The Morgan fingerprint density at radius 3 is 2.95 bits per heavy atom. The van der Waals surface area contributed by atoms with Gasteiger partial charge in [0.05, 0.1) is 6.54 Å². The van der Waals surface area contributed by atoms with E-state index in [1.807, 2.05) is 36.1 Å². The molecule has 0 amide bonds. The van der Waals surface area contributed by atoms with Crippen molar-refractivity contribution in [3.63, 3.8) is 0 Å². The van der Waals surface area contributed by atoms with Crippen molar-refractivity contribution in [2.75, 3.05) is 18.1 Å². The Labute approximate surface area is 123 Å². The minimum Gasteiger partial charge on any atom is -0.491 e. The second-order valence-corrected chi connectivity index (χ2v) is 4.99. The molecule has 2 heterocycles. The Kier molecular flexibility index (Phi) is 3.43. The van der Waals surface area contributed by atoms with E-state index in [1.165, 1.54) is 0 Å². The molecule has 0 bridgehead atoms. The van der Waals surface area contributed by atoms with E-state index in [0.29, 0.717) is 31.3 Å². The number of nitrogens with zero attached hydrogens (tertiary/aromatic N) is 3. The van der Waals surface area contributed by atoms with E-state index in [2.05, 4.69) is 9.97 Å². The molecule has 6 heteroatoms. The van der Waals surface area contributed by atoms with Crippen LogP contribution in [0.2, 0.25) is 0 Å². The second kappa shape index (κ2) is 5.40. The van der Waals surface area contributed by atoms with Gasteiger partial charge in [-0.05, 0) is 19.1 Å². The molecular formula is C15H17N5O. The Morgan fingerprint density at radius 1 is 1.33 bits per heavy atom. The van der Waals surface area contributed by atoms with Gasteiger partial charge in [-0.15, -0.1) is 0 Å². The maximum Gasteiger partial charge on any atom is 0.226 e. The number of rotatable bonds is 2. The number of nitrogens with one attached hydrogen (secondary N) is 1. The van der Waals surface area contributed by atoms with E-state index in [9.17, 15) is 0 Å². The minimum absolute atomic E-state index is 0.0479. The highest BCUT2D eigenvalue weighted by atomic mass is 16.5. The topological polar surface area (TPSA) is 88.1 Å². The third-order valence-electron chi connectivity index (χ3n) is 3.35. The van der Waals surface area contributed by atoms with Crippen molar-refractivity contribution in [3.8, 4) is 5.75 Å². The van der Waals surface area contributed by atoms with Gasteiger partial charge in [0.15, 0.2) is 0 Å². The number of fused-ring (bicyclic) bond motifs is 1. The lowest BCUT2D eigenvalue weighted by atomic mass is 10.2. The monoisotopic (exact) mass is 283 g/mol. The van der Waals surface area contributed by atoms with Crippen LogP contribution >= 0.6 is 0 Å². The first-order valence-electron chi connectivity index (χ1n) is 6.79. The zero-order valence-electron chi connectivity index (χ0n) is 11.8. The summed E-state index contributed by atoms with van der Waals surface area (Å²) in [6.45, 7) is 3.82. The summed E-state index contributed by atoms with van der Waals surface area (Å²) in [7, 11) is 0. The fourth-order valence-corrected chi connectivity index (χ4v) is 2.33. The van der Waals surface area contributed by atoms with Gasteiger partial charge in [0.2, 0.25) is 5.95 Å². The first-order chi connectivity index (χ1) is 10.1. The van der Waals surface area contributed by atoms with E-state index in [1.54, 1.807) is 6.07 Å². The van der Waals surface area contributed by atoms with Crippen molar-refractivity contribution in [1.82, 2.24) is 9.97 Å². The van der Waals surface area contributed by atoms with Crippen LogP contribution in [0.15, 0.2) is 30.3 Å². The summed E-state index contributed by atoms with van der Waals surface area (Å²) >= 11 is 0. The fourth-order valence-electron chi connectivity index (χ4n) is 2.33. The van der Waals surface area contributed by atoms with Crippen molar-refractivity contribution >= 4 is 11.8 Å². The normalized spacial score (nSPS) is 14.0. The predicted molar refractivity (Wildman–Crippen MR) is 80.8 cm³/mol. The summed E-state index contributed by atoms with van der Waals surface area (Å²) in [5.41, 5.74) is 7.89. The highest BCUT2D eigenvalue weighted by molar-refractivity contribution is 5.93. The van der Waals surface area contributed by atoms with Crippen molar-refractivity contribution < 1.29 is 4.74 Å². The highest BCUT2D eigenvalue weighted by Gasteiger charge is 2.18. The highest BCUT2D eigenvalue weighted by Crippen LogP contribution is 2.24. The molecule has 0 saturated heterocycles. The fraction of sp³-hybridized carbons (Fsp3) is 0.267. The number of aryl methyl sites for hydroxylation is 1. The van der Waals surface area contributed by atoms with E-state index < -0.39 is 0 Å². The maximum absolute atomic E-state index is 7.55. The Morgan fingerprint density at radius 2 is 2.14 bits per heavy atom. The molecule has 1 aliphatic rings. The van der Waals surface area contributed by atoms with Crippen LogP contribution in [-0.2, 0) is 6.54 Å². The Hall–Kier alpha value is -2.63. The Bertz CT molecular complexity index is 686. The molecule has 6 nitrogen and oxygen atoms in total. The van der Waals surface area contributed by atoms with Crippen molar-refractivity contribution in [2.24, 2.45) is 5.73 Å². The first-order valence-corrected chi connectivity index (χ1v) is 6.79. The van der Waals surface area contributed by atoms with E-state index in [-0.39, 0.29) is 5.84 Å². The summed E-state index contributed by atoms with van der Waals surface area (Å²) in [5.74, 6) is 1.44. The predicted octanol–water partition coefficient (Wildman–Crippen LogP) is 1.47. The molecule has 0 atom stereocenters. The van der Waals surface area contributed by atoms with Crippen LogP contribution in [0.5, 0.6) is 5.75 Å². The van der Waals surface area contributed by atoms with Crippen LogP contribution in [0.4, 0.5) is 5.95 Å².